The number of hydrogen-bond acceptors (Lipinski definition) is 3. The molecule has 3 rings (SSSR count). The zero-order valence-corrected chi connectivity index (χ0v) is 13.3. The Morgan fingerprint density at radius 3 is 2.58 bits per heavy atom. The maximum absolute atomic E-state index is 11.9. The van der Waals surface area contributed by atoms with Crippen LogP contribution in [0.4, 0.5) is 4.79 Å². The lowest BCUT2D eigenvalue weighted by Crippen LogP contribution is -2.34. The van der Waals surface area contributed by atoms with Crippen LogP contribution in [-0.2, 0) is 26.1 Å². The molecular weight excluding hydrogens is 308 g/mol. The molecule has 2 heterocycles. The lowest BCUT2D eigenvalue weighted by molar-refractivity contribution is 0.0697. The summed E-state index contributed by atoms with van der Waals surface area (Å²) in [6.45, 7) is 1.73. The van der Waals surface area contributed by atoms with E-state index in [-0.39, 0.29) is 11.6 Å². The normalized spacial score (nSPS) is 13.2. The number of aromatic carboxylic acids is 1. The van der Waals surface area contributed by atoms with E-state index in [9.17, 15) is 9.59 Å². The first-order valence-corrected chi connectivity index (χ1v) is 8.00. The SMILES string of the molecule is O=C(NCc1ccc(C(=O)O)cc1)NCc1cn2c(n1)CCCC2. The third kappa shape index (κ3) is 3.92. The molecule has 7 nitrogen and oxygen atoms in total. The Morgan fingerprint density at radius 2 is 1.88 bits per heavy atom. The van der Waals surface area contributed by atoms with Crippen LogP contribution in [-0.4, -0.2) is 26.7 Å². The van der Waals surface area contributed by atoms with E-state index < -0.39 is 5.97 Å². The number of carboxylic acid groups (broad SMARTS) is 1. The van der Waals surface area contributed by atoms with E-state index >= 15 is 0 Å². The van der Waals surface area contributed by atoms with Crippen LogP contribution in [0, 0.1) is 0 Å². The fraction of sp³-hybridized carbons (Fsp3) is 0.353. The molecule has 1 aromatic carbocycles. The van der Waals surface area contributed by atoms with Gasteiger partial charge in [-0.25, -0.2) is 14.6 Å². The Labute approximate surface area is 139 Å². The molecule has 2 amide bonds. The molecule has 1 aliphatic heterocycles. The molecule has 0 atom stereocenters. The van der Waals surface area contributed by atoms with E-state index in [2.05, 4.69) is 20.2 Å². The molecule has 2 aromatic rings. The molecule has 0 radical (unpaired) electrons. The predicted molar refractivity (Wildman–Crippen MR) is 87.6 cm³/mol. The van der Waals surface area contributed by atoms with Crippen molar-refractivity contribution >= 4 is 12.0 Å². The molecule has 0 unspecified atom stereocenters. The number of fused-ring (bicyclic) bond motifs is 1. The van der Waals surface area contributed by atoms with Crippen LogP contribution in [0.3, 0.4) is 0 Å². The summed E-state index contributed by atoms with van der Waals surface area (Å²) in [5.41, 5.74) is 1.94. The van der Waals surface area contributed by atoms with Crippen molar-refractivity contribution in [2.75, 3.05) is 0 Å². The first-order valence-electron chi connectivity index (χ1n) is 8.00. The van der Waals surface area contributed by atoms with E-state index in [1.54, 1.807) is 12.1 Å². The van der Waals surface area contributed by atoms with E-state index in [1.807, 2.05) is 6.20 Å². The van der Waals surface area contributed by atoms with Crippen molar-refractivity contribution in [2.45, 2.75) is 38.9 Å². The first-order chi connectivity index (χ1) is 11.6. The van der Waals surface area contributed by atoms with Gasteiger partial charge in [-0.2, -0.15) is 0 Å². The molecular formula is C17H20N4O3. The zero-order chi connectivity index (χ0) is 16.9. The van der Waals surface area contributed by atoms with E-state index in [4.69, 9.17) is 5.11 Å². The van der Waals surface area contributed by atoms with Crippen LogP contribution in [0.5, 0.6) is 0 Å². The zero-order valence-electron chi connectivity index (χ0n) is 13.3. The van der Waals surface area contributed by atoms with Crippen molar-refractivity contribution in [3.63, 3.8) is 0 Å². The highest BCUT2D eigenvalue weighted by Crippen LogP contribution is 2.14. The van der Waals surface area contributed by atoms with Crippen LogP contribution < -0.4 is 10.6 Å². The number of nitrogens with one attached hydrogen (secondary N) is 2. The predicted octanol–water partition coefficient (Wildman–Crippen LogP) is 1.92. The number of nitrogens with zero attached hydrogens (tertiary/aromatic N) is 2. The van der Waals surface area contributed by atoms with Gasteiger partial charge in [-0.15, -0.1) is 0 Å². The molecule has 0 saturated carbocycles. The summed E-state index contributed by atoms with van der Waals surface area (Å²) in [4.78, 5) is 27.2. The fourth-order valence-corrected chi connectivity index (χ4v) is 2.74. The number of amides is 2. The molecule has 24 heavy (non-hydrogen) atoms. The van der Waals surface area contributed by atoms with Gasteiger partial charge in [0.15, 0.2) is 0 Å². The number of aromatic nitrogens is 2. The van der Waals surface area contributed by atoms with Gasteiger partial charge in [-0.3, -0.25) is 0 Å². The van der Waals surface area contributed by atoms with Crippen molar-refractivity contribution in [1.82, 2.24) is 20.2 Å². The van der Waals surface area contributed by atoms with Crippen molar-refractivity contribution in [1.29, 1.82) is 0 Å². The van der Waals surface area contributed by atoms with Gasteiger partial charge in [0.1, 0.15) is 5.82 Å². The van der Waals surface area contributed by atoms with E-state index in [0.717, 1.165) is 30.0 Å². The number of carbonyl (C=O) groups excluding carboxylic acids is 1. The Hall–Kier alpha value is -2.83. The lowest BCUT2D eigenvalue weighted by atomic mass is 10.1. The Morgan fingerprint density at radius 1 is 1.12 bits per heavy atom. The summed E-state index contributed by atoms with van der Waals surface area (Å²) in [7, 11) is 0. The molecule has 0 saturated heterocycles. The van der Waals surface area contributed by atoms with Crippen LogP contribution >= 0.6 is 0 Å². The minimum absolute atomic E-state index is 0.229. The van der Waals surface area contributed by atoms with Crippen LogP contribution in [0.1, 0.15) is 40.3 Å². The summed E-state index contributed by atoms with van der Waals surface area (Å²) < 4.78 is 2.16. The highest BCUT2D eigenvalue weighted by atomic mass is 16.4. The van der Waals surface area contributed by atoms with Crippen LogP contribution in [0.2, 0.25) is 0 Å². The van der Waals surface area contributed by atoms with Gasteiger partial charge in [0.05, 0.1) is 17.8 Å². The van der Waals surface area contributed by atoms with Gasteiger partial charge in [-0.1, -0.05) is 12.1 Å². The van der Waals surface area contributed by atoms with Crippen molar-refractivity contribution in [3.05, 3.63) is 53.1 Å². The fourth-order valence-electron chi connectivity index (χ4n) is 2.74. The third-order valence-corrected chi connectivity index (χ3v) is 4.04. The van der Waals surface area contributed by atoms with E-state index in [0.29, 0.717) is 13.1 Å². The molecule has 1 aromatic heterocycles. The van der Waals surface area contributed by atoms with Crippen molar-refractivity contribution in [3.8, 4) is 0 Å². The maximum Gasteiger partial charge on any atom is 0.335 e. The standard InChI is InChI=1S/C17H20N4O3/c22-16(23)13-6-4-12(5-7-13)9-18-17(24)19-10-14-11-21-8-2-1-3-15(21)20-14/h4-7,11H,1-3,8-10H2,(H,22,23)(H2,18,19,24). The highest BCUT2D eigenvalue weighted by molar-refractivity contribution is 5.87. The van der Waals surface area contributed by atoms with Gasteiger partial charge in [0.2, 0.25) is 0 Å². The summed E-state index contributed by atoms with van der Waals surface area (Å²) in [5, 5.41) is 14.4. The molecule has 0 aliphatic carbocycles. The lowest BCUT2D eigenvalue weighted by Gasteiger charge is -2.11. The number of benzene rings is 1. The molecule has 3 N–H and O–H groups in total. The number of aryl methyl sites for hydroxylation is 2. The number of urea groups is 1. The second kappa shape index (κ2) is 7.16. The van der Waals surface area contributed by atoms with Gasteiger partial charge >= 0.3 is 12.0 Å². The first kappa shape index (κ1) is 16.0. The summed E-state index contributed by atoms with van der Waals surface area (Å²) in [6, 6.07) is 6.14. The Balaban J connectivity index is 1.45. The summed E-state index contributed by atoms with van der Waals surface area (Å²) in [6.07, 6.45) is 5.35. The minimum Gasteiger partial charge on any atom is -0.478 e. The van der Waals surface area contributed by atoms with Gasteiger partial charge in [0, 0.05) is 25.7 Å². The van der Waals surface area contributed by atoms with Gasteiger partial charge in [-0.05, 0) is 30.5 Å². The Bertz CT molecular complexity index is 713. The summed E-state index contributed by atoms with van der Waals surface area (Å²) in [5.74, 6) is 0.131. The molecule has 0 fully saturated rings. The quantitative estimate of drug-likeness (QED) is 0.781. The molecule has 0 spiro atoms. The number of carbonyl (C=O) groups is 2. The average molecular weight is 328 g/mol. The Kier molecular flexibility index (Phi) is 4.79. The monoisotopic (exact) mass is 328 g/mol. The molecule has 1 aliphatic rings. The number of imidazole rings is 1. The number of carboxylic acids is 1. The highest BCUT2D eigenvalue weighted by Gasteiger charge is 2.12. The van der Waals surface area contributed by atoms with Crippen molar-refractivity contribution in [2.24, 2.45) is 0 Å². The number of rotatable bonds is 5. The molecule has 0 bridgehead atoms. The molecule has 126 valence electrons. The topological polar surface area (TPSA) is 96.3 Å². The second-order valence-corrected chi connectivity index (χ2v) is 5.84. The van der Waals surface area contributed by atoms with Crippen LogP contribution in [0.15, 0.2) is 30.5 Å². The summed E-state index contributed by atoms with van der Waals surface area (Å²) >= 11 is 0. The van der Waals surface area contributed by atoms with Crippen molar-refractivity contribution < 1.29 is 14.7 Å². The maximum atomic E-state index is 11.9. The average Bonchev–Trinajstić information content (AvgIpc) is 3.01. The largest absolute Gasteiger partial charge is 0.478 e. The van der Waals surface area contributed by atoms with Crippen LogP contribution in [0.25, 0.3) is 0 Å². The second-order valence-electron chi connectivity index (χ2n) is 5.84. The smallest absolute Gasteiger partial charge is 0.335 e. The van der Waals surface area contributed by atoms with E-state index in [1.165, 1.54) is 25.0 Å². The minimum atomic E-state index is -0.963. The number of hydrogen-bond donors (Lipinski definition) is 3. The van der Waals surface area contributed by atoms with Gasteiger partial charge < -0.3 is 20.3 Å². The molecule has 7 heteroatoms. The third-order valence-electron chi connectivity index (χ3n) is 4.04. The van der Waals surface area contributed by atoms with Gasteiger partial charge in [0.25, 0.3) is 0 Å².